The quantitative estimate of drug-likeness (QED) is 0.857. The molecule has 0 radical (unpaired) electrons. The lowest BCUT2D eigenvalue weighted by molar-refractivity contribution is 0.0265. The summed E-state index contributed by atoms with van der Waals surface area (Å²) < 4.78 is 10.7. The van der Waals surface area contributed by atoms with Gasteiger partial charge in [-0.05, 0) is 39.3 Å². The van der Waals surface area contributed by atoms with Crippen molar-refractivity contribution in [1.82, 2.24) is 4.90 Å². The minimum Gasteiger partial charge on any atom is -0.469 e. The van der Waals surface area contributed by atoms with Crippen molar-refractivity contribution in [2.45, 2.75) is 39.3 Å². The highest BCUT2D eigenvalue weighted by Crippen LogP contribution is 2.23. The first kappa shape index (κ1) is 14.7. The molecule has 5 nitrogen and oxygen atoms in total. The number of furan rings is 1. The van der Waals surface area contributed by atoms with Gasteiger partial charge in [0.05, 0.1) is 6.26 Å². The molecule has 1 aromatic rings. The van der Waals surface area contributed by atoms with Crippen LogP contribution in [0, 0.1) is 6.92 Å². The Balaban J connectivity index is 2.12. The van der Waals surface area contributed by atoms with Crippen LogP contribution in [0.4, 0.5) is 4.79 Å². The average Bonchev–Trinajstić information content (AvgIpc) is 2.73. The van der Waals surface area contributed by atoms with Gasteiger partial charge in [0.2, 0.25) is 0 Å². The van der Waals surface area contributed by atoms with Crippen LogP contribution in [-0.2, 0) is 4.74 Å². The largest absolute Gasteiger partial charge is 0.469 e. The number of ether oxygens (including phenoxy) is 1. The first-order valence-electron chi connectivity index (χ1n) is 6.74. The van der Waals surface area contributed by atoms with Crippen molar-refractivity contribution in [3.8, 4) is 0 Å². The van der Waals surface area contributed by atoms with Crippen molar-refractivity contribution >= 4 is 11.7 Å². The van der Waals surface area contributed by atoms with Gasteiger partial charge >= 0.3 is 6.09 Å². The number of carbonyl (C=O) groups excluding carboxylic acids is 1. The first-order valence-corrected chi connectivity index (χ1v) is 6.74. The van der Waals surface area contributed by atoms with Crippen LogP contribution in [0.3, 0.4) is 0 Å². The molecular formula is C15H22N2O3. The van der Waals surface area contributed by atoms with E-state index in [1.54, 1.807) is 11.2 Å². The minimum atomic E-state index is -0.505. The van der Waals surface area contributed by atoms with Crippen LogP contribution in [0.1, 0.15) is 32.1 Å². The molecule has 0 aromatic carbocycles. The second kappa shape index (κ2) is 5.32. The Hall–Kier alpha value is -1.75. The minimum absolute atomic E-state index is 0.193. The summed E-state index contributed by atoms with van der Waals surface area (Å²) in [5, 5.41) is 0. The molecule has 1 aliphatic rings. The van der Waals surface area contributed by atoms with E-state index < -0.39 is 5.60 Å². The predicted octanol–water partition coefficient (Wildman–Crippen LogP) is 2.55. The molecule has 0 aliphatic carbocycles. The Kier molecular flexibility index (Phi) is 3.90. The SMILES string of the molecule is Cc1cc(C2=CC(N)CN(C(=O)OC(C)(C)C)C2)co1. The van der Waals surface area contributed by atoms with Gasteiger partial charge in [-0.15, -0.1) is 0 Å². The Morgan fingerprint density at radius 1 is 1.50 bits per heavy atom. The highest BCUT2D eigenvalue weighted by molar-refractivity contribution is 5.75. The molecule has 1 unspecified atom stereocenters. The number of nitrogens with zero attached hydrogens (tertiary/aromatic N) is 1. The highest BCUT2D eigenvalue weighted by Gasteiger charge is 2.27. The zero-order valence-corrected chi connectivity index (χ0v) is 12.5. The van der Waals surface area contributed by atoms with E-state index in [9.17, 15) is 4.79 Å². The Bertz CT molecular complexity index is 525. The standard InChI is InChI=1S/C15H22N2O3/c1-10-5-12(9-19-10)11-6-13(16)8-17(7-11)14(18)20-15(2,3)4/h5-6,9,13H,7-8,16H2,1-4H3. The molecule has 0 fully saturated rings. The van der Waals surface area contributed by atoms with Crippen LogP contribution in [0.5, 0.6) is 0 Å². The van der Waals surface area contributed by atoms with E-state index in [1.807, 2.05) is 39.8 Å². The summed E-state index contributed by atoms with van der Waals surface area (Å²) in [4.78, 5) is 13.8. The van der Waals surface area contributed by atoms with Crippen molar-refractivity contribution in [2.24, 2.45) is 5.73 Å². The number of nitrogens with two attached hydrogens (primary N) is 1. The smallest absolute Gasteiger partial charge is 0.410 e. The maximum atomic E-state index is 12.1. The van der Waals surface area contributed by atoms with E-state index in [2.05, 4.69) is 0 Å². The number of carbonyl (C=O) groups is 1. The zero-order valence-electron chi connectivity index (χ0n) is 12.5. The number of hydrogen-bond donors (Lipinski definition) is 1. The van der Waals surface area contributed by atoms with Gasteiger partial charge in [0.1, 0.15) is 11.4 Å². The van der Waals surface area contributed by atoms with Gasteiger partial charge in [-0.3, -0.25) is 0 Å². The first-order chi connectivity index (χ1) is 9.24. The van der Waals surface area contributed by atoms with Crippen LogP contribution in [0.15, 0.2) is 22.8 Å². The van der Waals surface area contributed by atoms with Crippen LogP contribution in [0.25, 0.3) is 5.57 Å². The second-order valence-corrected chi connectivity index (χ2v) is 6.16. The third kappa shape index (κ3) is 3.63. The van der Waals surface area contributed by atoms with Gasteiger partial charge in [-0.25, -0.2) is 4.79 Å². The molecule has 2 rings (SSSR count). The van der Waals surface area contributed by atoms with Gasteiger partial charge in [0.15, 0.2) is 0 Å². The third-order valence-electron chi connectivity index (χ3n) is 2.96. The molecule has 0 bridgehead atoms. The number of rotatable bonds is 1. The fourth-order valence-corrected chi connectivity index (χ4v) is 2.15. The molecule has 110 valence electrons. The van der Waals surface area contributed by atoms with Crippen molar-refractivity contribution in [3.05, 3.63) is 29.7 Å². The second-order valence-electron chi connectivity index (χ2n) is 6.16. The molecular weight excluding hydrogens is 256 g/mol. The molecule has 1 amide bonds. The van der Waals surface area contributed by atoms with E-state index in [0.717, 1.165) is 16.9 Å². The Labute approximate surface area is 119 Å². The Morgan fingerprint density at radius 2 is 2.20 bits per heavy atom. The van der Waals surface area contributed by atoms with E-state index in [4.69, 9.17) is 14.9 Å². The van der Waals surface area contributed by atoms with Crippen LogP contribution in [0.2, 0.25) is 0 Å². The number of hydrogen-bond acceptors (Lipinski definition) is 4. The van der Waals surface area contributed by atoms with Crippen LogP contribution < -0.4 is 5.73 Å². The van der Waals surface area contributed by atoms with Crippen molar-refractivity contribution in [1.29, 1.82) is 0 Å². The summed E-state index contributed by atoms with van der Waals surface area (Å²) >= 11 is 0. The molecule has 0 saturated carbocycles. The lowest BCUT2D eigenvalue weighted by atomic mass is 10.0. The van der Waals surface area contributed by atoms with Gasteiger partial charge < -0.3 is 19.8 Å². The topological polar surface area (TPSA) is 68.7 Å². The molecule has 20 heavy (non-hydrogen) atoms. The lowest BCUT2D eigenvalue weighted by Crippen LogP contribution is -2.46. The fraction of sp³-hybridized carbons (Fsp3) is 0.533. The van der Waals surface area contributed by atoms with Crippen LogP contribution >= 0.6 is 0 Å². The molecule has 0 spiro atoms. The molecule has 0 saturated heterocycles. The van der Waals surface area contributed by atoms with E-state index in [1.165, 1.54) is 0 Å². The molecule has 1 aromatic heterocycles. The van der Waals surface area contributed by atoms with Crippen molar-refractivity contribution in [2.75, 3.05) is 13.1 Å². The summed E-state index contributed by atoms with van der Waals surface area (Å²) in [6.45, 7) is 8.40. The van der Waals surface area contributed by atoms with E-state index in [0.29, 0.717) is 13.1 Å². The number of amides is 1. The van der Waals surface area contributed by atoms with Gasteiger partial charge in [-0.1, -0.05) is 6.08 Å². The van der Waals surface area contributed by atoms with Gasteiger partial charge in [0, 0.05) is 24.7 Å². The molecule has 5 heteroatoms. The van der Waals surface area contributed by atoms with Gasteiger partial charge in [0.25, 0.3) is 0 Å². The fourth-order valence-electron chi connectivity index (χ4n) is 2.15. The summed E-state index contributed by atoms with van der Waals surface area (Å²) in [5.41, 5.74) is 7.46. The van der Waals surface area contributed by atoms with Crippen molar-refractivity contribution in [3.63, 3.8) is 0 Å². The third-order valence-corrected chi connectivity index (χ3v) is 2.96. The normalized spacial score (nSPS) is 19.8. The monoisotopic (exact) mass is 278 g/mol. The molecule has 2 heterocycles. The van der Waals surface area contributed by atoms with Crippen LogP contribution in [-0.4, -0.2) is 35.7 Å². The van der Waals surface area contributed by atoms with Gasteiger partial charge in [-0.2, -0.15) is 0 Å². The Morgan fingerprint density at radius 3 is 2.75 bits per heavy atom. The lowest BCUT2D eigenvalue weighted by Gasteiger charge is -2.32. The van der Waals surface area contributed by atoms with E-state index in [-0.39, 0.29) is 12.1 Å². The summed E-state index contributed by atoms with van der Waals surface area (Å²) in [7, 11) is 0. The molecule has 1 aliphatic heterocycles. The summed E-state index contributed by atoms with van der Waals surface area (Å²) in [6, 6.07) is 1.75. The maximum Gasteiger partial charge on any atom is 0.410 e. The zero-order chi connectivity index (χ0) is 14.9. The maximum absolute atomic E-state index is 12.1. The summed E-state index contributed by atoms with van der Waals surface area (Å²) in [5.74, 6) is 0.837. The molecule has 1 atom stereocenters. The molecule has 2 N–H and O–H groups in total. The predicted molar refractivity (Wildman–Crippen MR) is 77.2 cm³/mol. The summed E-state index contributed by atoms with van der Waals surface area (Å²) in [6.07, 6.45) is 3.33. The van der Waals surface area contributed by atoms with Crippen molar-refractivity contribution < 1.29 is 13.9 Å². The highest BCUT2D eigenvalue weighted by atomic mass is 16.6. The average molecular weight is 278 g/mol. The number of aryl methyl sites for hydroxylation is 1. The van der Waals surface area contributed by atoms with E-state index >= 15 is 0 Å².